The highest BCUT2D eigenvalue weighted by Crippen LogP contribution is 2.58. The molecule has 650 valence electrons. The van der Waals surface area contributed by atoms with E-state index in [0.29, 0.717) is 0 Å². The van der Waals surface area contributed by atoms with E-state index in [2.05, 4.69) is 548 Å². The summed E-state index contributed by atoms with van der Waals surface area (Å²) in [6, 6.07) is 178. The van der Waals surface area contributed by atoms with Crippen molar-refractivity contribution in [2.75, 3.05) is 19.6 Å². The van der Waals surface area contributed by atoms with Crippen molar-refractivity contribution in [3.05, 3.63) is 518 Å². The topological polar surface area (TPSA) is 13.0 Å². The van der Waals surface area contributed by atoms with Gasteiger partial charge < -0.3 is 19.6 Å². The SMILES string of the molecule is CC1(C)c2ccccc2-c2ccc(N(c3ccccc3)c3cc(-c4ccc(-c5ccc(-c6cc(N(c7ccccc7)c7ccc8c(c7)C(C)(C)c7ccccc7-8)cc(N(c7cc(-c8ccccc8)cc(-c8ccccc8)c7)c7ccc8c(c7)C(C)(C)c7ccccc7-8)c6)cc5)cc4)cc(N(c4cc(-c5ccccc5)cc(-c5ccccc5)c4)c4ccc5c(c4)C(C)(C)c4ccccc4-5)c3)cc21. The number of benzene rings is 20. The van der Waals surface area contributed by atoms with Gasteiger partial charge in [0.05, 0.1) is 0 Å². The van der Waals surface area contributed by atoms with Gasteiger partial charge in [0.25, 0.3) is 0 Å². The van der Waals surface area contributed by atoms with E-state index < -0.39 is 0 Å². The van der Waals surface area contributed by atoms with Crippen molar-refractivity contribution in [1.82, 2.24) is 0 Å². The van der Waals surface area contributed by atoms with E-state index in [1.165, 1.54) is 89.0 Å². The molecule has 4 aliphatic rings. The van der Waals surface area contributed by atoms with Gasteiger partial charge in [-0.15, -0.1) is 0 Å². The average molecular weight is 1740 g/mol. The summed E-state index contributed by atoms with van der Waals surface area (Å²) in [5, 5.41) is 0. The Bertz CT molecular complexity index is 7460. The van der Waals surface area contributed by atoms with Gasteiger partial charge in [-0.25, -0.2) is 0 Å². The third-order valence-corrected chi connectivity index (χ3v) is 29.7. The zero-order chi connectivity index (χ0) is 91.7. The molecular weight excluding hydrogens is 1640 g/mol. The maximum Gasteiger partial charge on any atom is 0.0488 e. The van der Waals surface area contributed by atoms with Crippen LogP contribution in [0.15, 0.2) is 473 Å². The van der Waals surface area contributed by atoms with Crippen LogP contribution in [0.3, 0.4) is 0 Å². The van der Waals surface area contributed by atoms with Crippen LogP contribution in [0, 0.1) is 0 Å². The molecule has 0 aromatic heterocycles. The number of para-hydroxylation sites is 2. The van der Waals surface area contributed by atoms with E-state index in [1.807, 2.05) is 0 Å². The lowest BCUT2D eigenvalue weighted by atomic mass is 9.82. The third-order valence-electron chi connectivity index (χ3n) is 29.7. The monoisotopic (exact) mass is 1740 g/mol. The second kappa shape index (κ2) is 32.8. The second-order valence-electron chi connectivity index (χ2n) is 39.2. The summed E-state index contributed by atoms with van der Waals surface area (Å²) in [4.78, 5) is 10.0. The van der Waals surface area contributed by atoms with Gasteiger partial charge in [0.15, 0.2) is 0 Å². The van der Waals surface area contributed by atoms with Gasteiger partial charge >= 0.3 is 0 Å². The normalized spacial score (nSPS) is 13.7. The molecule has 0 bridgehead atoms. The van der Waals surface area contributed by atoms with Crippen molar-refractivity contribution < 1.29 is 0 Å². The Morgan fingerprint density at radius 2 is 0.279 bits per heavy atom. The number of hydrogen-bond acceptors (Lipinski definition) is 4. The Labute approximate surface area is 799 Å². The molecule has 20 aromatic rings. The second-order valence-corrected chi connectivity index (χ2v) is 39.2. The molecule has 4 nitrogen and oxygen atoms in total. The highest BCUT2D eigenvalue weighted by Gasteiger charge is 2.41. The molecule has 0 saturated carbocycles. The average Bonchev–Trinajstić information content (AvgIpc) is 1.55. The van der Waals surface area contributed by atoms with Gasteiger partial charge in [-0.2, -0.15) is 0 Å². The first-order valence-corrected chi connectivity index (χ1v) is 47.7. The van der Waals surface area contributed by atoms with Gasteiger partial charge in [0.2, 0.25) is 0 Å². The number of anilines is 12. The van der Waals surface area contributed by atoms with Gasteiger partial charge in [0, 0.05) is 89.9 Å². The molecule has 0 spiro atoms. The predicted octanol–water partition coefficient (Wildman–Crippen LogP) is 36.5. The summed E-state index contributed by atoms with van der Waals surface area (Å²) in [5.74, 6) is 0. The fourth-order valence-electron chi connectivity index (χ4n) is 22.7. The molecule has 24 rings (SSSR count). The van der Waals surface area contributed by atoms with Crippen molar-refractivity contribution in [1.29, 1.82) is 0 Å². The van der Waals surface area contributed by atoms with Crippen molar-refractivity contribution >= 4 is 68.2 Å². The highest BCUT2D eigenvalue weighted by molar-refractivity contribution is 5.98. The molecule has 0 N–H and O–H groups in total. The predicted molar refractivity (Wildman–Crippen MR) is 573 cm³/mol. The summed E-state index contributed by atoms with van der Waals surface area (Å²) in [6.07, 6.45) is 0. The maximum atomic E-state index is 2.53. The molecule has 20 aromatic carbocycles. The van der Waals surface area contributed by atoms with E-state index in [4.69, 9.17) is 0 Å². The Kier molecular flexibility index (Phi) is 20.0. The summed E-state index contributed by atoms with van der Waals surface area (Å²) in [7, 11) is 0. The lowest BCUT2D eigenvalue weighted by Gasteiger charge is -2.32. The Morgan fingerprint density at radius 3 is 0.515 bits per heavy atom. The van der Waals surface area contributed by atoms with Crippen LogP contribution in [0.1, 0.15) is 99.9 Å². The molecule has 0 atom stereocenters. The Hall–Kier alpha value is -16.4. The fourth-order valence-corrected chi connectivity index (χ4v) is 22.7. The van der Waals surface area contributed by atoms with E-state index >= 15 is 0 Å². The van der Waals surface area contributed by atoms with Crippen molar-refractivity contribution in [3.63, 3.8) is 0 Å². The molecule has 4 aliphatic carbocycles. The van der Waals surface area contributed by atoms with Crippen LogP contribution in [0.5, 0.6) is 0 Å². The fraction of sp³-hybridized carbons (Fsp3) is 0.0909. The van der Waals surface area contributed by atoms with Crippen LogP contribution >= 0.6 is 0 Å². The smallest absolute Gasteiger partial charge is 0.0488 e. The van der Waals surface area contributed by atoms with Gasteiger partial charge in [-0.1, -0.05) is 383 Å². The minimum absolute atomic E-state index is 0.241. The highest BCUT2D eigenvalue weighted by atomic mass is 15.2. The van der Waals surface area contributed by atoms with E-state index in [9.17, 15) is 0 Å². The summed E-state index contributed by atoms with van der Waals surface area (Å²) in [5.41, 5.74) is 48.1. The Morgan fingerprint density at radius 1 is 0.110 bits per heavy atom. The molecule has 0 radical (unpaired) electrons. The lowest BCUT2D eigenvalue weighted by Crippen LogP contribution is -2.18. The summed E-state index contributed by atoms with van der Waals surface area (Å²) >= 11 is 0. The summed E-state index contributed by atoms with van der Waals surface area (Å²) in [6.45, 7) is 19.1. The number of rotatable bonds is 19. The summed E-state index contributed by atoms with van der Waals surface area (Å²) < 4.78 is 0. The number of hydrogen-bond donors (Lipinski definition) is 0. The first kappa shape index (κ1) is 82.7. The molecule has 0 unspecified atom stereocenters. The van der Waals surface area contributed by atoms with Crippen molar-refractivity contribution in [2.24, 2.45) is 0 Å². The van der Waals surface area contributed by atoms with E-state index in [-0.39, 0.29) is 21.7 Å². The molecule has 0 amide bonds. The molecule has 136 heavy (non-hydrogen) atoms. The van der Waals surface area contributed by atoms with Crippen molar-refractivity contribution in [3.8, 4) is 122 Å². The maximum absolute atomic E-state index is 2.53. The molecular formula is C132H102N4. The van der Waals surface area contributed by atoms with E-state index in [0.717, 1.165) is 146 Å². The molecule has 0 aliphatic heterocycles. The zero-order valence-corrected chi connectivity index (χ0v) is 77.8. The molecule has 0 fully saturated rings. The lowest BCUT2D eigenvalue weighted by molar-refractivity contribution is 0.660. The first-order chi connectivity index (χ1) is 66.4. The Balaban J connectivity index is 0.684. The number of nitrogens with zero attached hydrogens (tertiary/aromatic N) is 4. The van der Waals surface area contributed by atoms with Crippen LogP contribution < -0.4 is 19.6 Å². The first-order valence-electron chi connectivity index (χ1n) is 47.7. The van der Waals surface area contributed by atoms with Gasteiger partial charge in [-0.3, -0.25) is 0 Å². The molecule has 0 saturated heterocycles. The standard InChI is InChI=1S/C132H102N4/c1-129(2)121-51-31-27-47-113(121)117-67-63-103(83-125(117)129)133(101-43-23-13-24-44-101)109-77-99(79-111(81-109)135(105-65-69-119-115-49-29-33-53-123(115)131(5,6)127(119)85-105)107-73-95(87-35-15-9-16-36-87)71-96(74-107)88-37-17-10-18-38-88)93-59-55-91(56-60-93)92-57-61-94(62-58-92)100-78-110(134(102-45-25-14-26-46-102)104-64-68-118-114-48-28-32-52-122(114)130(3,4)126(118)84-104)82-112(80-100)136(106-66-70-120-116-50-30-34-54-124(116)132(7,8)128(120)86-106)108-75-97(89-39-19-11-20-40-89)72-98(76-108)90-41-21-12-22-42-90/h9-86H,1-8H3. The molecule has 4 heteroatoms. The number of fused-ring (bicyclic) bond motifs is 12. The minimum Gasteiger partial charge on any atom is -0.310 e. The van der Waals surface area contributed by atoms with Crippen LogP contribution in [-0.2, 0) is 21.7 Å². The quantitative estimate of drug-likeness (QED) is 0.0800. The zero-order valence-electron chi connectivity index (χ0n) is 77.8. The largest absolute Gasteiger partial charge is 0.310 e. The van der Waals surface area contributed by atoms with E-state index in [1.54, 1.807) is 0 Å². The van der Waals surface area contributed by atoms with Crippen LogP contribution in [0.25, 0.3) is 122 Å². The molecule has 0 heterocycles. The van der Waals surface area contributed by atoms with Gasteiger partial charge in [0.1, 0.15) is 0 Å². The van der Waals surface area contributed by atoms with Crippen LogP contribution in [0.4, 0.5) is 68.2 Å². The van der Waals surface area contributed by atoms with Crippen LogP contribution in [0.2, 0.25) is 0 Å². The minimum atomic E-state index is -0.272. The third kappa shape index (κ3) is 14.2. The van der Waals surface area contributed by atoms with Crippen LogP contribution in [-0.4, -0.2) is 0 Å². The van der Waals surface area contributed by atoms with Crippen molar-refractivity contribution in [2.45, 2.75) is 77.0 Å². The van der Waals surface area contributed by atoms with Gasteiger partial charge in [-0.05, 0) is 312 Å².